The van der Waals surface area contributed by atoms with Crippen LogP contribution in [0, 0.1) is 11.3 Å². The third-order valence-electron chi connectivity index (χ3n) is 3.54. The first-order valence-corrected chi connectivity index (χ1v) is 7.20. The number of fused-ring (bicyclic) bond motifs is 1. The molecule has 0 aliphatic carbocycles. The van der Waals surface area contributed by atoms with Crippen LogP contribution in [-0.4, -0.2) is 9.97 Å². The van der Waals surface area contributed by atoms with E-state index in [2.05, 4.69) is 9.97 Å². The summed E-state index contributed by atoms with van der Waals surface area (Å²) in [7, 11) is 0. The molecule has 7 heteroatoms. The van der Waals surface area contributed by atoms with Crippen molar-refractivity contribution in [3.63, 3.8) is 0 Å². The van der Waals surface area contributed by atoms with Gasteiger partial charge < -0.3 is 5.73 Å². The SMILES string of the molecule is N#C/C(=C\c1ccc(C(F)(F)F)cc1)c1nc(N)c2ccccc2n1. The van der Waals surface area contributed by atoms with Crippen LogP contribution >= 0.6 is 0 Å². The lowest BCUT2D eigenvalue weighted by atomic mass is 10.1. The normalized spacial score (nSPS) is 12.2. The summed E-state index contributed by atoms with van der Waals surface area (Å²) in [5.41, 5.74) is 6.26. The minimum absolute atomic E-state index is 0.109. The minimum Gasteiger partial charge on any atom is -0.383 e. The van der Waals surface area contributed by atoms with Gasteiger partial charge in [-0.05, 0) is 35.9 Å². The number of alkyl halides is 3. The van der Waals surface area contributed by atoms with Gasteiger partial charge in [0, 0.05) is 5.39 Å². The molecule has 3 rings (SSSR count). The van der Waals surface area contributed by atoms with Crippen LogP contribution in [0.15, 0.2) is 48.5 Å². The molecular formula is C18H11F3N4. The maximum Gasteiger partial charge on any atom is 0.416 e. The first-order valence-electron chi connectivity index (χ1n) is 7.20. The number of nitrogens with two attached hydrogens (primary N) is 1. The van der Waals surface area contributed by atoms with Crippen LogP contribution in [0.2, 0.25) is 0 Å². The molecule has 3 aromatic rings. The molecule has 0 saturated heterocycles. The Bertz CT molecular complexity index is 999. The van der Waals surface area contributed by atoms with Crippen molar-refractivity contribution < 1.29 is 13.2 Å². The summed E-state index contributed by atoms with van der Waals surface area (Å²) < 4.78 is 37.8. The number of hydrogen-bond donors (Lipinski definition) is 1. The molecule has 0 spiro atoms. The molecule has 0 amide bonds. The molecule has 1 heterocycles. The van der Waals surface area contributed by atoms with Crippen LogP contribution in [0.5, 0.6) is 0 Å². The Morgan fingerprint density at radius 2 is 1.72 bits per heavy atom. The molecule has 0 aliphatic rings. The van der Waals surface area contributed by atoms with Crippen molar-refractivity contribution in [2.75, 3.05) is 5.73 Å². The number of halogens is 3. The maximum atomic E-state index is 12.6. The van der Waals surface area contributed by atoms with E-state index in [0.29, 0.717) is 16.5 Å². The van der Waals surface area contributed by atoms with Crippen molar-refractivity contribution in [2.45, 2.75) is 6.18 Å². The highest BCUT2D eigenvalue weighted by Crippen LogP contribution is 2.29. The number of anilines is 1. The Morgan fingerprint density at radius 1 is 1.04 bits per heavy atom. The van der Waals surface area contributed by atoms with Gasteiger partial charge >= 0.3 is 6.18 Å². The van der Waals surface area contributed by atoms with Gasteiger partial charge in [-0.1, -0.05) is 24.3 Å². The van der Waals surface area contributed by atoms with Crippen LogP contribution in [0.25, 0.3) is 22.6 Å². The van der Waals surface area contributed by atoms with E-state index in [1.54, 1.807) is 24.3 Å². The number of nitrogen functional groups attached to an aromatic ring is 1. The van der Waals surface area contributed by atoms with Gasteiger partial charge in [0.05, 0.1) is 16.7 Å². The van der Waals surface area contributed by atoms with Crippen molar-refractivity contribution in [2.24, 2.45) is 0 Å². The second kappa shape index (κ2) is 6.24. The number of hydrogen-bond acceptors (Lipinski definition) is 4. The van der Waals surface area contributed by atoms with Crippen LogP contribution in [-0.2, 0) is 6.18 Å². The highest BCUT2D eigenvalue weighted by molar-refractivity contribution is 5.93. The van der Waals surface area contributed by atoms with Crippen LogP contribution in [0.1, 0.15) is 17.0 Å². The largest absolute Gasteiger partial charge is 0.416 e. The quantitative estimate of drug-likeness (QED) is 0.706. The molecule has 0 bridgehead atoms. The zero-order valence-corrected chi connectivity index (χ0v) is 12.7. The number of allylic oxidation sites excluding steroid dienone is 1. The van der Waals surface area contributed by atoms with Gasteiger partial charge in [-0.2, -0.15) is 18.4 Å². The molecule has 0 aliphatic heterocycles. The Balaban J connectivity index is 2.03. The minimum atomic E-state index is -4.41. The molecule has 2 N–H and O–H groups in total. The molecule has 124 valence electrons. The standard InChI is InChI=1S/C18H11F3N4/c19-18(20,21)13-7-5-11(6-8-13)9-12(10-22)17-24-15-4-2-1-3-14(15)16(23)25-17/h1-9H,(H2,23,24,25)/b12-9+. The fraction of sp³-hybridized carbons (Fsp3) is 0.0556. The van der Waals surface area contributed by atoms with Gasteiger partial charge in [-0.15, -0.1) is 0 Å². The van der Waals surface area contributed by atoms with E-state index in [-0.39, 0.29) is 17.2 Å². The highest BCUT2D eigenvalue weighted by Gasteiger charge is 2.29. The van der Waals surface area contributed by atoms with Gasteiger partial charge in [-0.3, -0.25) is 0 Å². The van der Waals surface area contributed by atoms with Crippen molar-refractivity contribution in [3.8, 4) is 6.07 Å². The van der Waals surface area contributed by atoms with Crippen LogP contribution in [0.4, 0.5) is 19.0 Å². The van der Waals surface area contributed by atoms with E-state index in [1.165, 1.54) is 18.2 Å². The zero-order chi connectivity index (χ0) is 18.0. The van der Waals surface area contributed by atoms with E-state index in [1.807, 2.05) is 6.07 Å². The fourth-order valence-electron chi connectivity index (χ4n) is 2.30. The zero-order valence-electron chi connectivity index (χ0n) is 12.7. The van der Waals surface area contributed by atoms with Crippen molar-refractivity contribution >= 4 is 28.4 Å². The lowest BCUT2D eigenvalue weighted by molar-refractivity contribution is -0.137. The molecule has 0 unspecified atom stereocenters. The predicted molar refractivity (Wildman–Crippen MR) is 88.9 cm³/mol. The number of benzene rings is 2. The van der Waals surface area contributed by atoms with Crippen molar-refractivity contribution in [1.82, 2.24) is 9.97 Å². The summed E-state index contributed by atoms with van der Waals surface area (Å²) in [5, 5.41) is 10.0. The number of nitriles is 1. The highest BCUT2D eigenvalue weighted by atomic mass is 19.4. The lowest BCUT2D eigenvalue weighted by Crippen LogP contribution is -2.04. The third kappa shape index (κ3) is 3.43. The van der Waals surface area contributed by atoms with Gasteiger partial charge in [0.2, 0.25) is 0 Å². The van der Waals surface area contributed by atoms with Gasteiger partial charge in [0.25, 0.3) is 0 Å². The predicted octanol–water partition coefficient (Wildman–Crippen LogP) is 4.29. The molecule has 4 nitrogen and oxygen atoms in total. The number of para-hydroxylation sites is 1. The van der Waals surface area contributed by atoms with E-state index < -0.39 is 11.7 Å². The topological polar surface area (TPSA) is 75.6 Å². The molecule has 1 aromatic heterocycles. The lowest BCUT2D eigenvalue weighted by Gasteiger charge is -2.07. The second-order valence-electron chi connectivity index (χ2n) is 5.24. The average molecular weight is 340 g/mol. The van der Waals surface area contributed by atoms with Crippen LogP contribution < -0.4 is 5.73 Å². The van der Waals surface area contributed by atoms with Crippen molar-refractivity contribution in [3.05, 3.63) is 65.5 Å². The molecule has 0 radical (unpaired) electrons. The molecule has 2 aromatic carbocycles. The number of rotatable bonds is 2. The van der Waals surface area contributed by atoms with Gasteiger partial charge in [0.15, 0.2) is 5.82 Å². The Hall–Kier alpha value is -3.40. The summed E-state index contributed by atoms with van der Waals surface area (Å²) in [4.78, 5) is 8.42. The van der Waals surface area contributed by atoms with Gasteiger partial charge in [0.1, 0.15) is 11.9 Å². The van der Waals surface area contributed by atoms with Crippen LogP contribution in [0.3, 0.4) is 0 Å². The van der Waals surface area contributed by atoms with Gasteiger partial charge in [-0.25, -0.2) is 9.97 Å². The smallest absolute Gasteiger partial charge is 0.383 e. The summed E-state index contributed by atoms with van der Waals surface area (Å²) in [6.45, 7) is 0. The number of nitrogens with zero attached hydrogens (tertiary/aromatic N) is 3. The van der Waals surface area contributed by atoms with E-state index in [4.69, 9.17) is 5.73 Å². The third-order valence-corrected chi connectivity index (χ3v) is 3.54. The Kier molecular flexibility index (Phi) is 4.11. The summed E-state index contributed by atoms with van der Waals surface area (Å²) in [5.74, 6) is 0.354. The summed E-state index contributed by atoms with van der Waals surface area (Å²) in [6, 6.07) is 13.5. The van der Waals surface area contributed by atoms with E-state index in [0.717, 1.165) is 12.1 Å². The average Bonchev–Trinajstić information content (AvgIpc) is 2.59. The second-order valence-corrected chi connectivity index (χ2v) is 5.24. The molecule has 0 atom stereocenters. The molecule has 25 heavy (non-hydrogen) atoms. The molecule has 0 saturated carbocycles. The molecule has 0 fully saturated rings. The monoisotopic (exact) mass is 340 g/mol. The summed E-state index contributed by atoms with van der Waals surface area (Å²) >= 11 is 0. The molecular weight excluding hydrogens is 329 g/mol. The Morgan fingerprint density at radius 3 is 2.36 bits per heavy atom. The van der Waals surface area contributed by atoms with Crippen molar-refractivity contribution in [1.29, 1.82) is 5.26 Å². The first-order chi connectivity index (χ1) is 11.9. The van der Waals surface area contributed by atoms with E-state index >= 15 is 0 Å². The summed E-state index contributed by atoms with van der Waals surface area (Å²) in [6.07, 6.45) is -2.99. The van der Waals surface area contributed by atoms with E-state index in [9.17, 15) is 18.4 Å². The fourth-order valence-corrected chi connectivity index (χ4v) is 2.30. The maximum absolute atomic E-state index is 12.6. The first kappa shape index (κ1) is 16.5. The Labute approximate surface area is 141 Å². The number of aromatic nitrogens is 2.